The van der Waals surface area contributed by atoms with Gasteiger partial charge in [-0.3, -0.25) is 0 Å². The highest BCUT2D eigenvalue weighted by atomic mass is 15.1. The van der Waals surface area contributed by atoms with E-state index in [0.29, 0.717) is 6.04 Å². The predicted molar refractivity (Wildman–Crippen MR) is 78.5 cm³/mol. The molecule has 0 heterocycles. The highest BCUT2D eigenvalue weighted by Crippen LogP contribution is 2.10. The molecular weight excluding hydrogens is 208 g/mol. The molecule has 0 rings (SSSR count). The van der Waals surface area contributed by atoms with Crippen LogP contribution in [0.1, 0.15) is 59.8 Å². The molecule has 0 spiro atoms. The average molecular weight is 242 g/mol. The van der Waals surface area contributed by atoms with E-state index in [9.17, 15) is 0 Å². The van der Waals surface area contributed by atoms with Crippen molar-refractivity contribution in [3.8, 4) is 0 Å². The van der Waals surface area contributed by atoms with Crippen LogP contribution in [0.5, 0.6) is 0 Å². The first-order valence-corrected chi connectivity index (χ1v) is 7.41. The van der Waals surface area contributed by atoms with Crippen LogP contribution in [0, 0.1) is 5.92 Å². The average Bonchev–Trinajstić information content (AvgIpc) is 2.23. The van der Waals surface area contributed by atoms with Gasteiger partial charge in [-0.2, -0.15) is 0 Å². The van der Waals surface area contributed by atoms with Gasteiger partial charge in [-0.1, -0.05) is 40.5 Å². The molecule has 0 aromatic carbocycles. The summed E-state index contributed by atoms with van der Waals surface area (Å²) in [4.78, 5) is 2.36. The van der Waals surface area contributed by atoms with E-state index in [1.165, 1.54) is 32.1 Å². The summed E-state index contributed by atoms with van der Waals surface area (Å²) in [6, 6.07) is 1.39. The number of nitrogens with one attached hydrogen (secondary N) is 1. The smallest absolute Gasteiger partial charge is 0.0217 e. The summed E-state index contributed by atoms with van der Waals surface area (Å²) < 4.78 is 0. The predicted octanol–water partition coefficient (Wildman–Crippen LogP) is 3.52. The summed E-state index contributed by atoms with van der Waals surface area (Å²) in [5.41, 5.74) is 0. The second-order valence-corrected chi connectivity index (χ2v) is 5.93. The molecule has 2 nitrogen and oxygen atoms in total. The van der Waals surface area contributed by atoms with Gasteiger partial charge in [-0.15, -0.1) is 0 Å². The van der Waals surface area contributed by atoms with E-state index < -0.39 is 0 Å². The first-order chi connectivity index (χ1) is 8.01. The molecule has 2 heteroatoms. The fourth-order valence-corrected chi connectivity index (χ4v) is 2.37. The lowest BCUT2D eigenvalue weighted by Crippen LogP contribution is -2.42. The Morgan fingerprint density at radius 1 is 1.00 bits per heavy atom. The molecule has 0 fully saturated rings. The lowest BCUT2D eigenvalue weighted by atomic mass is 10.0. The molecule has 1 N–H and O–H groups in total. The van der Waals surface area contributed by atoms with Gasteiger partial charge in [0.2, 0.25) is 0 Å². The molecule has 0 aromatic rings. The van der Waals surface area contributed by atoms with E-state index in [-0.39, 0.29) is 0 Å². The summed E-state index contributed by atoms with van der Waals surface area (Å²) in [5, 5.41) is 3.77. The Bertz CT molecular complexity index is 160. The van der Waals surface area contributed by atoms with Crippen molar-refractivity contribution < 1.29 is 0 Å². The van der Waals surface area contributed by atoms with E-state index >= 15 is 0 Å². The van der Waals surface area contributed by atoms with Gasteiger partial charge in [0.15, 0.2) is 0 Å². The maximum absolute atomic E-state index is 3.77. The summed E-state index contributed by atoms with van der Waals surface area (Å²) >= 11 is 0. The Morgan fingerprint density at radius 3 is 1.88 bits per heavy atom. The lowest BCUT2D eigenvalue weighted by Gasteiger charge is -2.28. The molecule has 0 amide bonds. The summed E-state index contributed by atoms with van der Waals surface area (Å²) in [6.07, 6.45) is 6.49. The van der Waals surface area contributed by atoms with Crippen molar-refractivity contribution in [1.29, 1.82) is 0 Å². The Balaban J connectivity index is 4.06. The van der Waals surface area contributed by atoms with Crippen molar-refractivity contribution in [3.05, 3.63) is 0 Å². The summed E-state index contributed by atoms with van der Waals surface area (Å²) in [6.45, 7) is 10.3. The van der Waals surface area contributed by atoms with E-state index in [2.05, 4.69) is 52.0 Å². The Hall–Kier alpha value is -0.0800. The van der Waals surface area contributed by atoms with Gasteiger partial charge in [0.1, 0.15) is 0 Å². The zero-order valence-electron chi connectivity index (χ0n) is 12.9. The van der Waals surface area contributed by atoms with Crippen molar-refractivity contribution in [2.45, 2.75) is 71.9 Å². The molecule has 1 unspecified atom stereocenters. The van der Waals surface area contributed by atoms with Crippen LogP contribution in [0.25, 0.3) is 0 Å². The van der Waals surface area contributed by atoms with Gasteiger partial charge >= 0.3 is 0 Å². The highest BCUT2D eigenvalue weighted by Gasteiger charge is 2.15. The molecule has 0 bridgehead atoms. The van der Waals surface area contributed by atoms with Crippen molar-refractivity contribution in [3.63, 3.8) is 0 Å². The molecule has 17 heavy (non-hydrogen) atoms. The molecule has 0 aliphatic carbocycles. The van der Waals surface area contributed by atoms with Crippen LogP contribution in [0.3, 0.4) is 0 Å². The molecule has 0 aromatic heterocycles. The molecule has 0 saturated heterocycles. The van der Waals surface area contributed by atoms with Gasteiger partial charge in [0.25, 0.3) is 0 Å². The third-order valence-corrected chi connectivity index (χ3v) is 3.39. The topological polar surface area (TPSA) is 15.3 Å². The van der Waals surface area contributed by atoms with Crippen LogP contribution >= 0.6 is 0 Å². The van der Waals surface area contributed by atoms with Gasteiger partial charge < -0.3 is 10.2 Å². The number of likely N-dealkylation sites (N-methyl/N-ethyl adjacent to an activating group) is 1. The first kappa shape index (κ1) is 16.9. The van der Waals surface area contributed by atoms with Crippen molar-refractivity contribution in [2.75, 3.05) is 20.6 Å². The van der Waals surface area contributed by atoms with Crippen LogP contribution < -0.4 is 5.32 Å². The second-order valence-electron chi connectivity index (χ2n) is 5.93. The monoisotopic (exact) mass is 242 g/mol. The first-order valence-electron chi connectivity index (χ1n) is 7.41. The van der Waals surface area contributed by atoms with E-state index in [1.54, 1.807) is 0 Å². The van der Waals surface area contributed by atoms with Crippen molar-refractivity contribution >= 4 is 0 Å². The third kappa shape index (κ3) is 8.62. The van der Waals surface area contributed by atoms with E-state index in [0.717, 1.165) is 18.5 Å². The molecule has 0 aliphatic rings. The van der Waals surface area contributed by atoms with Crippen LogP contribution in [-0.2, 0) is 0 Å². The SMILES string of the molecule is CCCC(CCC)NCC(CC(C)C)N(C)C. The van der Waals surface area contributed by atoms with Gasteiger partial charge in [0.05, 0.1) is 0 Å². The van der Waals surface area contributed by atoms with Crippen molar-refractivity contribution in [1.82, 2.24) is 10.2 Å². The molecule has 104 valence electrons. The largest absolute Gasteiger partial charge is 0.312 e. The minimum absolute atomic E-state index is 0.672. The van der Waals surface area contributed by atoms with Gasteiger partial charge in [0, 0.05) is 18.6 Å². The molecule has 0 saturated carbocycles. The molecular formula is C15H34N2. The van der Waals surface area contributed by atoms with Crippen LogP contribution in [-0.4, -0.2) is 37.6 Å². The molecule has 1 atom stereocenters. The van der Waals surface area contributed by atoms with Crippen LogP contribution in [0.4, 0.5) is 0 Å². The minimum atomic E-state index is 0.672. The summed E-state index contributed by atoms with van der Waals surface area (Å²) in [5.74, 6) is 0.778. The quantitative estimate of drug-likeness (QED) is 0.630. The Kier molecular flexibility index (Phi) is 9.85. The minimum Gasteiger partial charge on any atom is -0.312 e. The summed E-state index contributed by atoms with van der Waals surface area (Å²) in [7, 11) is 4.40. The highest BCUT2D eigenvalue weighted by molar-refractivity contribution is 4.74. The number of hydrogen-bond donors (Lipinski definition) is 1. The zero-order valence-corrected chi connectivity index (χ0v) is 12.9. The normalized spacial score (nSPS) is 13.9. The second kappa shape index (κ2) is 9.90. The molecule has 0 aliphatic heterocycles. The van der Waals surface area contributed by atoms with Crippen LogP contribution in [0.15, 0.2) is 0 Å². The van der Waals surface area contributed by atoms with Crippen molar-refractivity contribution in [2.24, 2.45) is 5.92 Å². The number of hydrogen-bond acceptors (Lipinski definition) is 2. The maximum atomic E-state index is 3.77. The van der Waals surface area contributed by atoms with Gasteiger partial charge in [-0.25, -0.2) is 0 Å². The van der Waals surface area contributed by atoms with Crippen LogP contribution in [0.2, 0.25) is 0 Å². The fraction of sp³-hybridized carbons (Fsp3) is 1.00. The third-order valence-electron chi connectivity index (χ3n) is 3.39. The van der Waals surface area contributed by atoms with E-state index in [4.69, 9.17) is 0 Å². The number of nitrogens with zero attached hydrogens (tertiary/aromatic N) is 1. The van der Waals surface area contributed by atoms with Gasteiger partial charge in [-0.05, 0) is 39.3 Å². The van der Waals surface area contributed by atoms with E-state index in [1.807, 2.05) is 0 Å². The lowest BCUT2D eigenvalue weighted by molar-refractivity contribution is 0.236. The fourth-order valence-electron chi connectivity index (χ4n) is 2.37. The standard InChI is InChI=1S/C15H34N2/c1-7-9-14(10-8-2)16-12-15(17(5)6)11-13(3)4/h13-16H,7-12H2,1-6H3. The maximum Gasteiger partial charge on any atom is 0.0217 e. The zero-order chi connectivity index (χ0) is 13.3. The number of rotatable bonds is 10. The molecule has 0 radical (unpaired) electrons. The Labute approximate surface area is 109 Å². The Morgan fingerprint density at radius 2 is 1.53 bits per heavy atom.